The van der Waals surface area contributed by atoms with E-state index in [-0.39, 0.29) is 23.5 Å². The van der Waals surface area contributed by atoms with E-state index >= 15 is 0 Å². The van der Waals surface area contributed by atoms with Gasteiger partial charge in [-0.1, -0.05) is 12.8 Å². The predicted octanol–water partition coefficient (Wildman–Crippen LogP) is 3.69. The molecule has 2 saturated heterocycles. The first-order valence-corrected chi connectivity index (χ1v) is 12.5. The normalized spacial score (nSPS) is 25.4. The zero-order chi connectivity index (χ0) is 22.5. The van der Waals surface area contributed by atoms with E-state index in [1.807, 2.05) is 9.80 Å². The number of hydrogen-bond acceptors (Lipinski definition) is 4. The van der Waals surface area contributed by atoms with Gasteiger partial charge in [0, 0.05) is 56.8 Å². The molecule has 33 heavy (non-hydrogen) atoms. The molecule has 7 heteroatoms. The number of carbonyl (C=O) groups is 2. The quantitative estimate of drug-likeness (QED) is 0.716. The van der Waals surface area contributed by atoms with Crippen LogP contribution in [0.1, 0.15) is 48.9 Å². The van der Waals surface area contributed by atoms with Gasteiger partial charge in [0.25, 0.3) is 5.91 Å². The molecular weight excluding hydrogens is 419 g/mol. The van der Waals surface area contributed by atoms with Gasteiger partial charge in [0.1, 0.15) is 5.82 Å². The van der Waals surface area contributed by atoms with Crippen molar-refractivity contribution in [2.45, 2.75) is 38.5 Å². The molecule has 4 aliphatic rings. The van der Waals surface area contributed by atoms with Gasteiger partial charge >= 0.3 is 0 Å². The van der Waals surface area contributed by atoms with Crippen LogP contribution in [-0.2, 0) is 4.79 Å². The molecule has 2 aliphatic carbocycles. The van der Waals surface area contributed by atoms with Crippen LogP contribution in [0.15, 0.2) is 24.4 Å². The number of benzene rings is 1. The van der Waals surface area contributed by atoms with Crippen LogP contribution in [0.3, 0.4) is 0 Å². The molecule has 1 aromatic heterocycles. The van der Waals surface area contributed by atoms with Gasteiger partial charge in [0.15, 0.2) is 0 Å². The van der Waals surface area contributed by atoms with Crippen LogP contribution < -0.4 is 4.90 Å². The number of piperazine rings is 1. The second-order valence-corrected chi connectivity index (χ2v) is 10.3. The highest BCUT2D eigenvalue weighted by Gasteiger charge is 2.38. The molecule has 2 amide bonds. The summed E-state index contributed by atoms with van der Waals surface area (Å²) in [5.41, 5.74) is 2.13. The van der Waals surface area contributed by atoms with Crippen LogP contribution in [-0.4, -0.2) is 65.9 Å². The summed E-state index contributed by atoms with van der Waals surface area (Å²) in [6, 6.07) is 4.66. The number of aromatic nitrogens is 1. The lowest BCUT2D eigenvalue weighted by molar-refractivity contribution is -0.134. The first-order chi connectivity index (χ1) is 16.1. The van der Waals surface area contributed by atoms with E-state index in [1.54, 1.807) is 12.3 Å². The molecule has 1 aromatic carbocycles. The van der Waals surface area contributed by atoms with Crippen molar-refractivity contribution in [1.29, 1.82) is 0 Å². The van der Waals surface area contributed by atoms with Crippen molar-refractivity contribution in [3.05, 3.63) is 35.8 Å². The Morgan fingerprint density at radius 1 is 0.909 bits per heavy atom. The first-order valence-electron chi connectivity index (χ1n) is 12.5. The zero-order valence-corrected chi connectivity index (χ0v) is 19.0. The van der Waals surface area contributed by atoms with Crippen molar-refractivity contribution in [3.8, 4) is 0 Å². The van der Waals surface area contributed by atoms with Gasteiger partial charge in [-0.05, 0) is 55.7 Å². The second kappa shape index (κ2) is 8.26. The Kier molecular flexibility index (Phi) is 5.23. The SMILES string of the molecule is O=C(c1cnc2ccc(F)cc2c1N1CC2CCCC[C@H]2C1)N1CCN(C(=O)C2CC2)CC1. The average Bonchev–Trinajstić information content (AvgIpc) is 3.61. The molecule has 0 spiro atoms. The molecule has 6 nitrogen and oxygen atoms in total. The fourth-order valence-electron chi connectivity index (χ4n) is 6.13. The molecule has 0 radical (unpaired) electrons. The number of nitrogens with zero attached hydrogens (tertiary/aromatic N) is 4. The number of pyridine rings is 1. The Hall–Kier alpha value is -2.70. The van der Waals surface area contributed by atoms with Crippen molar-refractivity contribution < 1.29 is 14.0 Å². The van der Waals surface area contributed by atoms with E-state index in [0.717, 1.165) is 42.5 Å². The van der Waals surface area contributed by atoms with Gasteiger partial charge in [0.05, 0.1) is 16.8 Å². The topological polar surface area (TPSA) is 56.8 Å². The molecule has 2 atom stereocenters. The fraction of sp³-hybridized carbons (Fsp3) is 0.577. The van der Waals surface area contributed by atoms with Crippen LogP contribution in [0.25, 0.3) is 10.9 Å². The maximum absolute atomic E-state index is 14.3. The minimum Gasteiger partial charge on any atom is -0.370 e. The molecule has 2 aliphatic heterocycles. The third-order valence-electron chi connectivity index (χ3n) is 8.13. The van der Waals surface area contributed by atoms with Gasteiger partial charge in [-0.25, -0.2) is 4.39 Å². The first kappa shape index (κ1) is 20.9. The highest BCUT2D eigenvalue weighted by atomic mass is 19.1. The van der Waals surface area contributed by atoms with Crippen molar-refractivity contribution >= 4 is 28.4 Å². The maximum atomic E-state index is 14.3. The van der Waals surface area contributed by atoms with Crippen LogP contribution in [0, 0.1) is 23.6 Å². The lowest BCUT2D eigenvalue weighted by Gasteiger charge is -2.35. The van der Waals surface area contributed by atoms with Crippen molar-refractivity contribution in [2.24, 2.45) is 17.8 Å². The molecule has 3 heterocycles. The average molecular weight is 451 g/mol. The van der Waals surface area contributed by atoms with Crippen molar-refractivity contribution in [1.82, 2.24) is 14.8 Å². The molecule has 2 saturated carbocycles. The molecular formula is C26H31FN4O2. The summed E-state index contributed by atoms with van der Waals surface area (Å²) in [4.78, 5) is 36.7. The molecule has 174 valence electrons. The summed E-state index contributed by atoms with van der Waals surface area (Å²) in [5, 5.41) is 0.724. The predicted molar refractivity (Wildman–Crippen MR) is 125 cm³/mol. The summed E-state index contributed by atoms with van der Waals surface area (Å²) >= 11 is 0. The lowest BCUT2D eigenvalue weighted by atomic mass is 9.82. The Morgan fingerprint density at radius 2 is 1.58 bits per heavy atom. The van der Waals surface area contributed by atoms with Crippen LogP contribution >= 0.6 is 0 Å². The van der Waals surface area contributed by atoms with Crippen LogP contribution in [0.2, 0.25) is 0 Å². The smallest absolute Gasteiger partial charge is 0.257 e. The Bertz CT molecular complexity index is 1080. The molecule has 2 aromatic rings. The minimum atomic E-state index is -0.307. The number of fused-ring (bicyclic) bond motifs is 2. The van der Waals surface area contributed by atoms with E-state index in [1.165, 1.54) is 37.8 Å². The zero-order valence-electron chi connectivity index (χ0n) is 19.0. The van der Waals surface area contributed by atoms with Crippen LogP contribution in [0.4, 0.5) is 10.1 Å². The largest absolute Gasteiger partial charge is 0.370 e. The molecule has 4 fully saturated rings. The number of hydrogen-bond donors (Lipinski definition) is 0. The third kappa shape index (κ3) is 3.85. The molecule has 1 unspecified atom stereocenters. The molecule has 0 N–H and O–H groups in total. The number of carbonyl (C=O) groups excluding carboxylic acids is 2. The number of rotatable bonds is 3. The maximum Gasteiger partial charge on any atom is 0.257 e. The van der Waals surface area contributed by atoms with E-state index in [9.17, 15) is 14.0 Å². The summed E-state index contributed by atoms with van der Waals surface area (Å²) in [6.45, 7) is 4.07. The monoisotopic (exact) mass is 450 g/mol. The Balaban J connectivity index is 1.31. The highest BCUT2D eigenvalue weighted by molar-refractivity contribution is 6.07. The fourth-order valence-corrected chi connectivity index (χ4v) is 6.13. The number of halogens is 1. The van der Waals surface area contributed by atoms with Crippen molar-refractivity contribution in [2.75, 3.05) is 44.2 Å². The molecule has 0 bridgehead atoms. The van der Waals surface area contributed by atoms with Gasteiger partial charge in [-0.2, -0.15) is 0 Å². The highest BCUT2D eigenvalue weighted by Crippen LogP contribution is 2.41. The Labute approximate surface area is 193 Å². The van der Waals surface area contributed by atoms with Gasteiger partial charge in [-0.3, -0.25) is 14.6 Å². The van der Waals surface area contributed by atoms with Gasteiger partial charge in [0.2, 0.25) is 5.91 Å². The summed E-state index contributed by atoms with van der Waals surface area (Å²) in [5.74, 6) is 1.38. The van der Waals surface area contributed by atoms with E-state index in [0.29, 0.717) is 43.6 Å². The standard InChI is InChI=1S/C26H31FN4O2/c27-20-7-8-23-21(13-20)24(31-15-18-3-1-2-4-19(18)16-31)22(14-28-23)26(33)30-11-9-29(10-12-30)25(32)17-5-6-17/h7-8,13-14,17-19H,1-6,9-12,15-16H2/t18-,19?/m0/s1. The Morgan fingerprint density at radius 3 is 2.24 bits per heavy atom. The third-order valence-corrected chi connectivity index (χ3v) is 8.13. The van der Waals surface area contributed by atoms with E-state index in [2.05, 4.69) is 9.88 Å². The number of anilines is 1. The lowest BCUT2D eigenvalue weighted by Crippen LogP contribution is -2.51. The molecule has 6 rings (SSSR count). The number of amides is 2. The minimum absolute atomic E-state index is 0.0583. The van der Waals surface area contributed by atoms with E-state index in [4.69, 9.17) is 0 Å². The summed E-state index contributed by atoms with van der Waals surface area (Å²) in [6.07, 6.45) is 8.70. The summed E-state index contributed by atoms with van der Waals surface area (Å²) < 4.78 is 14.3. The van der Waals surface area contributed by atoms with Crippen molar-refractivity contribution in [3.63, 3.8) is 0 Å². The van der Waals surface area contributed by atoms with Gasteiger partial charge in [-0.15, -0.1) is 0 Å². The van der Waals surface area contributed by atoms with Gasteiger partial charge < -0.3 is 14.7 Å². The second-order valence-electron chi connectivity index (χ2n) is 10.3. The van der Waals surface area contributed by atoms with Crippen LogP contribution in [0.5, 0.6) is 0 Å². The van der Waals surface area contributed by atoms with E-state index < -0.39 is 0 Å². The summed E-state index contributed by atoms with van der Waals surface area (Å²) in [7, 11) is 0.